The van der Waals surface area contributed by atoms with Crippen LogP contribution in [-0.2, 0) is 19.6 Å². The van der Waals surface area contributed by atoms with E-state index in [1.165, 1.54) is 0 Å². The summed E-state index contributed by atoms with van der Waals surface area (Å²) in [5.41, 5.74) is 1.48. The van der Waals surface area contributed by atoms with Crippen molar-refractivity contribution in [3.05, 3.63) is 72.0 Å². The van der Waals surface area contributed by atoms with Crippen LogP contribution in [0.3, 0.4) is 0 Å². The molecule has 7 heteroatoms. The fourth-order valence-corrected chi connectivity index (χ4v) is 3.23. The number of hydrogen-bond donors (Lipinski definition) is 1. The molecule has 26 heavy (non-hydrogen) atoms. The number of rotatable bonds is 5. The van der Waals surface area contributed by atoms with Gasteiger partial charge in [0.1, 0.15) is 17.3 Å². The molecule has 1 atom stereocenters. The lowest BCUT2D eigenvalue weighted by atomic mass is 10.2. The van der Waals surface area contributed by atoms with Crippen LogP contribution in [0.4, 0.5) is 0 Å². The largest absolute Gasteiger partial charge is 0.467 e. The fourth-order valence-electron chi connectivity index (χ4n) is 3.23. The molecule has 1 aliphatic heterocycles. The average molecular weight is 351 g/mol. The molecule has 0 fully saturated rings. The summed E-state index contributed by atoms with van der Waals surface area (Å²) in [7, 11) is 0. The molecule has 4 heterocycles. The van der Waals surface area contributed by atoms with Crippen molar-refractivity contribution >= 4 is 5.91 Å². The van der Waals surface area contributed by atoms with Crippen molar-refractivity contribution in [2.24, 2.45) is 0 Å². The van der Waals surface area contributed by atoms with E-state index >= 15 is 0 Å². The van der Waals surface area contributed by atoms with Gasteiger partial charge in [0.2, 0.25) is 0 Å². The van der Waals surface area contributed by atoms with Gasteiger partial charge in [-0.3, -0.25) is 14.7 Å². The third kappa shape index (κ3) is 3.39. The minimum atomic E-state index is -0.188. The number of carbonyl (C=O) groups excluding carboxylic acids is 1. The lowest BCUT2D eigenvalue weighted by Crippen LogP contribution is -2.36. The van der Waals surface area contributed by atoms with Crippen molar-refractivity contribution in [1.29, 1.82) is 0 Å². The molecule has 0 saturated carbocycles. The summed E-state index contributed by atoms with van der Waals surface area (Å²) in [5, 5.41) is 2.84. The SMILES string of the molecule is CC1c2nc(C(=O)NCc3ccco3)cn2CCN1Cc1ccccn1. The predicted octanol–water partition coefficient (Wildman–Crippen LogP) is 2.38. The maximum atomic E-state index is 12.4. The zero-order chi connectivity index (χ0) is 17.9. The van der Waals surface area contributed by atoms with Crippen molar-refractivity contribution < 1.29 is 9.21 Å². The molecule has 3 aromatic rings. The number of amides is 1. The molecule has 1 amide bonds. The van der Waals surface area contributed by atoms with Gasteiger partial charge in [-0.15, -0.1) is 0 Å². The maximum absolute atomic E-state index is 12.4. The standard InChI is InChI=1S/C19H21N5O2/c1-14-18-22-17(19(25)21-11-16-6-4-10-26-16)13-24(18)9-8-23(14)12-15-5-2-3-7-20-15/h2-7,10,13-14H,8-9,11-12H2,1H3,(H,21,25). The zero-order valence-electron chi connectivity index (χ0n) is 14.6. The minimum Gasteiger partial charge on any atom is -0.467 e. The summed E-state index contributed by atoms with van der Waals surface area (Å²) < 4.78 is 7.31. The van der Waals surface area contributed by atoms with E-state index in [9.17, 15) is 4.79 Å². The van der Waals surface area contributed by atoms with Crippen molar-refractivity contribution in [2.45, 2.75) is 32.6 Å². The van der Waals surface area contributed by atoms with Crippen LogP contribution in [0.1, 0.15) is 40.7 Å². The van der Waals surface area contributed by atoms with Crippen LogP contribution in [0.25, 0.3) is 0 Å². The summed E-state index contributed by atoms with van der Waals surface area (Å²) in [6.07, 6.45) is 5.24. The van der Waals surface area contributed by atoms with Gasteiger partial charge in [-0.2, -0.15) is 0 Å². The van der Waals surface area contributed by atoms with Crippen LogP contribution < -0.4 is 5.32 Å². The molecular weight excluding hydrogens is 330 g/mol. The number of hydrogen-bond acceptors (Lipinski definition) is 5. The van der Waals surface area contributed by atoms with E-state index in [1.54, 1.807) is 12.3 Å². The lowest BCUT2D eigenvalue weighted by molar-refractivity contribution is 0.0943. The second-order valence-electron chi connectivity index (χ2n) is 6.41. The normalized spacial score (nSPS) is 17.0. The number of fused-ring (bicyclic) bond motifs is 1. The van der Waals surface area contributed by atoms with E-state index in [0.717, 1.165) is 36.9 Å². The monoisotopic (exact) mass is 351 g/mol. The van der Waals surface area contributed by atoms with Gasteiger partial charge in [-0.05, 0) is 31.2 Å². The third-order valence-corrected chi connectivity index (χ3v) is 4.68. The van der Waals surface area contributed by atoms with Crippen molar-refractivity contribution in [2.75, 3.05) is 6.54 Å². The molecule has 0 spiro atoms. The van der Waals surface area contributed by atoms with Crippen LogP contribution in [-0.4, -0.2) is 31.9 Å². The molecule has 134 valence electrons. The van der Waals surface area contributed by atoms with E-state index in [2.05, 4.69) is 31.7 Å². The van der Waals surface area contributed by atoms with E-state index in [4.69, 9.17) is 4.42 Å². The highest BCUT2D eigenvalue weighted by Gasteiger charge is 2.27. The summed E-state index contributed by atoms with van der Waals surface area (Å²) in [6.45, 7) is 4.95. The number of pyridine rings is 1. The molecule has 7 nitrogen and oxygen atoms in total. The average Bonchev–Trinajstić information content (AvgIpc) is 3.33. The molecule has 0 radical (unpaired) electrons. The Morgan fingerprint density at radius 2 is 2.23 bits per heavy atom. The third-order valence-electron chi connectivity index (χ3n) is 4.68. The van der Waals surface area contributed by atoms with E-state index in [0.29, 0.717) is 12.2 Å². The first-order valence-electron chi connectivity index (χ1n) is 8.72. The first kappa shape index (κ1) is 16.5. The van der Waals surface area contributed by atoms with E-state index in [-0.39, 0.29) is 11.9 Å². The number of imidazole rings is 1. The summed E-state index contributed by atoms with van der Waals surface area (Å²) in [4.78, 5) is 23.7. The van der Waals surface area contributed by atoms with Gasteiger partial charge >= 0.3 is 0 Å². The topological polar surface area (TPSA) is 76.2 Å². The van der Waals surface area contributed by atoms with Gasteiger partial charge in [-0.25, -0.2) is 4.98 Å². The second-order valence-corrected chi connectivity index (χ2v) is 6.41. The van der Waals surface area contributed by atoms with Crippen molar-refractivity contribution in [1.82, 2.24) is 24.8 Å². The Labute approximate surface area is 151 Å². The first-order valence-corrected chi connectivity index (χ1v) is 8.72. The van der Waals surface area contributed by atoms with E-state index in [1.807, 2.05) is 36.7 Å². The Morgan fingerprint density at radius 3 is 3.00 bits per heavy atom. The van der Waals surface area contributed by atoms with Crippen LogP contribution in [0, 0.1) is 0 Å². The summed E-state index contributed by atoms with van der Waals surface area (Å²) in [6, 6.07) is 9.70. The smallest absolute Gasteiger partial charge is 0.271 e. The highest BCUT2D eigenvalue weighted by atomic mass is 16.3. The highest BCUT2D eigenvalue weighted by Crippen LogP contribution is 2.25. The predicted molar refractivity (Wildman–Crippen MR) is 95.2 cm³/mol. The Morgan fingerprint density at radius 1 is 1.31 bits per heavy atom. The number of nitrogens with zero attached hydrogens (tertiary/aromatic N) is 4. The molecule has 1 unspecified atom stereocenters. The molecule has 4 rings (SSSR count). The number of furan rings is 1. The summed E-state index contributed by atoms with van der Waals surface area (Å²) >= 11 is 0. The Balaban J connectivity index is 1.44. The Hall–Kier alpha value is -2.93. The maximum Gasteiger partial charge on any atom is 0.271 e. The second kappa shape index (κ2) is 7.13. The lowest BCUT2D eigenvalue weighted by Gasteiger charge is -2.33. The van der Waals surface area contributed by atoms with Crippen LogP contribution in [0.5, 0.6) is 0 Å². The number of nitrogens with one attached hydrogen (secondary N) is 1. The van der Waals surface area contributed by atoms with Crippen LogP contribution >= 0.6 is 0 Å². The van der Waals surface area contributed by atoms with E-state index < -0.39 is 0 Å². The number of aromatic nitrogens is 3. The van der Waals surface area contributed by atoms with Gasteiger partial charge in [-0.1, -0.05) is 6.07 Å². The van der Waals surface area contributed by atoms with Crippen molar-refractivity contribution in [3.63, 3.8) is 0 Å². The van der Waals surface area contributed by atoms with Crippen molar-refractivity contribution in [3.8, 4) is 0 Å². The van der Waals surface area contributed by atoms with Crippen LogP contribution in [0.15, 0.2) is 53.4 Å². The quantitative estimate of drug-likeness (QED) is 0.764. The van der Waals surface area contributed by atoms with Crippen LogP contribution in [0.2, 0.25) is 0 Å². The molecule has 1 N–H and O–H groups in total. The molecule has 3 aromatic heterocycles. The molecular formula is C19H21N5O2. The minimum absolute atomic E-state index is 0.123. The first-order chi connectivity index (χ1) is 12.7. The molecule has 0 saturated heterocycles. The van der Waals surface area contributed by atoms with Gasteiger partial charge in [0.25, 0.3) is 5.91 Å². The molecule has 0 bridgehead atoms. The number of carbonyl (C=O) groups is 1. The molecule has 1 aliphatic rings. The summed E-state index contributed by atoms with van der Waals surface area (Å²) in [5.74, 6) is 1.44. The Kier molecular flexibility index (Phi) is 4.53. The highest BCUT2D eigenvalue weighted by molar-refractivity contribution is 5.92. The molecule has 0 aliphatic carbocycles. The Bertz CT molecular complexity index is 873. The van der Waals surface area contributed by atoms with Gasteiger partial charge in [0.15, 0.2) is 0 Å². The van der Waals surface area contributed by atoms with Gasteiger partial charge in [0.05, 0.1) is 24.5 Å². The fraction of sp³-hybridized carbons (Fsp3) is 0.316. The zero-order valence-corrected chi connectivity index (χ0v) is 14.6. The van der Waals surface area contributed by atoms with Gasteiger partial charge < -0.3 is 14.3 Å². The van der Waals surface area contributed by atoms with Gasteiger partial charge in [0, 0.05) is 32.0 Å². The molecule has 0 aromatic carbocycles.